The molecule has 2 unspecified atom stereocenters. The average molecular weight is 386 g/mol. The lowest BCUT2D eigenvalue weighted by Crippen LogP contribution is -2.58. The number of rotatable bonds is 19. The number of unbranched alkanes of at least 4 members (excludes halogenated alkanes) is 13. The second kappa shape index (κ2) is 16.4. The van der Waals surface area contributed by atoms with Gasteiger partial charge in [-0.05, 0) is 13.3 Å². The topological polar surface area (TPSA) is 60.4 Å². The molecule has 0 bridgehead atoms. The van der Waals surface area contributed by atoms with Gasteiger partial charge < -0.3 is 19.5 Å². The fourth-order valence-electron chi connectivity index (χ4n) is 3.65. The molecule has 2 atom stereocenters. The van der Waals surface area contributed by atoms with Crippen molar-refractivity contribution in [3.05, 3.63) is 0 Å². The number of nitrogens with zero attached hydrogens (tertiary/aromatic N) is 1. The molecule has 0 saturated carbocycles. The molecule has 0 fully saturated rings. The summed E-state index contributed by atoms with van der Waals surface area (Å²) < 4.78 is 0.266. The number of likely N-dealkylation sites (N-methyl/N-ethyl adjacent to an activating group) is 1. The highest BCUT2D eigenvalue weighted by Gasteiger charge is 2.27. The number of carbonyl (C=O) groups is 1. The van der Waals surface area contributed by atoms with Crippen molar-refractivity contribution in [1.82, 2.24) is 0 Å². The van der Waals surface area contributed by atoms with Gasteiger partial charge in [-0.1, -0.05) is 96.8 Å². The van der Waals surface area contributed by atoms with E-state index in [4.69, 9.17) is 0 Å². The van der Waals surface area contributed by atoms with E-state index in [-0.39, 0.29) is 4.48 Å². The first-order chi connectivity index (χ1) is 12.8. The van der Waals surface area contributed by atoms with Crippen molar-refractivity contribution in [2.45, 2.75) is 122 Å². The first-order valence-corrected chi connectivity index (χ1v) is 11.5. The number of aliphatic hydroxyl groups excluding tert-OH is 1. The van der Waals surface area contributed by atoms with Gasteiger partial charge in [-0.25, -0.2) is 0 Å². The molecule has 4 nitrogen and oxygen atoms in total. The Labute approximate surface area is 168 Å². The van der Waals surface area contributed by atoms with Crippen LogP contribution < -0.4 is 5.11 Å². The van der Waals surface area contributed by atoms with E-state index in [1.807, 2.05) is 14.1 Å². The van der Waals surface area contributed by atoms with Gasteiger partial charge in [0, 0.05) is 0 Å². The zero-order valence-corrected chi connectivity index (χ0v) is 18.7. The van der Waals surface area contributed by atoms with Crippen LogP contribution >= 0.6 is 0 Å². The SMILES string of the molecule is CCCCCCCCCCCCCCCCC(O)C[N+](C)(C)C(C)C(=O)[O-]. The third kappa shape index (κ3) is 15.0. The van der Waals surface area contributed by atoms with E-state index in [0.29, 0.717) is 6.54 Å². The minimum absolute atomic E-state index is 0.266. The van der Waals surface area contributed by atoms with E-state index in [2.05, 4.69) is 6.92 Å². The predicted octanol–water partition coefficient (Wildman–Crippen LogP) is 4.43. The highest BCUT2D eigenvalue weighted by atomic mass is 16.4. The van der Waals surface area contributed by atoms with Crippen molar-refractivity contribution in [1.29, 1.82) is 0 Å². The molecule has 0 aliphatic rings. The van der Waals surface area contributed by atoms with Gasteiger partial charge in [0.05, 0.1) is 20.1 Å². The minimum Gasteiger partial charge on any atom is -0.544 e. The summed E-state index contributed by atoms with van der Waals surface area (Å²) in [6.45, 7) is 4.38. The molecule has 162 valence electrons. The van der Waals surface area contributed by atoms with E-state index in [9.17, 15) is 15.0 Å². The van der Waals surface area contributed by atoms with Crippen molar-refractivity contribution in [2.75, 3.05) is 20.6 Å². The zero-order chi connectivity index (χ0) is 20.5. The molecule has 0 saturated heterocycles. The minimum atomic E-state index is -1.05. The number of quaternary nitrogens is 1. The van der Waals surface area contributed by atoms with Gasteiger partial charge in [0.1, 0.15) is 18.7 Å². The normalized spacial score (nSPS) is 14.3. The van der Waals surface area contributed by atoms with E-state index < -0.39 is 18.1 Å². The molecular formula is C23H47NO3. The number of aliphatic hydroxyl groups is 1. The van der Waals surface area contributed by atoms with Crippen molar-refractivity contribution in [3.8, 4) is 0 Å². The second-order valence-electron chi connectivity index (χ2n) is 8.99. The second-order valence-corrected chi connectivity index (χ2v) is 8.99. The van der Waals surface area contributed by atoms with Crippen LogP contribution in [0, 0.1) is 0 Å². The number of hydrogen-bond donors (Lipinski definition) is 1. The summed E-state index contributed by atoms with van der Waals surface area (Å²) in [7, 11) is 3.68. The van der Waals surface area contributed by atoms with E-state index in [1.54, 1.807) is 6.92 Å². The van der Waals surface area contributed by atoms with Crippen LogP contribution in [-0.2, 0) is 4.79 Å². The number of carboxylic acid groups (broad SMARTS) is 1. The lowest BCUT2D eigenvalue weighted by molar-refractivity contribution is -0.909. The maximum absolute atomic E-state index is 11.0. The van der Waals surface area contributed by atoms with Crippen LogP contribution in [0.3, 0.4) is 0 Å². The molecule has 1 N–H and O–H groups in total. The summed E-state index contributed by atoms with van der Waals surface area (Å²) in [5.74, 6) is -1.05. The Bertz CT molecular complexity index is 358. The number of hydrogen-bond acceptors (Lipinski definition) is 3. The standard InChI is InChI=1S/C23H47NO3/c1-5-6-7-8-9-10-11-12-13-14-15-16-17-18-19-22(25)20-24(3,4)21(2)23(26)27/h21-22,25H,5-20H2,1-4H3. The molecule has 0 rings (SSSR count). The van der Waals surface area contributed by atoms with Crippen LogP contribution in [0.25, 0.3) is 0 Å². The monoisotopic (exact) mass is 385 g/mol. The van der Waals surface area contributed by atoms with Gasteiger partial charge in [0.2, 0.25) is 0 Å². The molecule has 0 aliphatic carbocycles. The molecule has 4 heteroatoms. The highest BCUT2D eigenvalue weighted by molar-refractivity contribution is 5.69. The van der Waals surface area contributed by atoms with Gasteiger partial charge in [-0.2, -0.15) is 0 Å². The molecule has 0 radical (unpaired) electrons. The Balaban J connectivity index is 3.45. The van der Waals surface area contributed by atoms with Gasteiger partial charge in [0.25, 0.3) is 0 Å². The van der Waals surface area contributed by atoms with Crippen molar-refractivity contribution >= 4 is 5.97 Å². The molecular weight excluding hydrogens is 338 g/mol. The summed E-state index contributed by atoms with van der Waals surface area (Å²) in [6, 6.07) is -0.601. The summed E-state index contributed by atoms with van der Waals surface area (Å²) in [6.07, 6.45) is 18.9. The first-order valence-electron chi connectivity index (χ1n) is 11.5. The summed E-state index contributed by atoms with van der Waals surface area (Å²) in [5.41, 5.74) is 0. The summed E-state index contributed by atoms with van der Waals surface area (Å²) in [5, 5.41) is 21.2. The molecule has 0 aromatic rings. The van der Waals surface area contributed by atoms with E-state index in [0.717, 1.165) is 19.3 Å². The summed E-state index contributed by atoms with van der Waals surface area (Å²) >= 11 is 0. The Morgan fingerprint density at radius 1 is 0.815 bits per heavy atom. The largest absolute Gasteiger partial charge is 0.544 e. The first kappa shape index (κ1) is 26.4. The molecule has 27 heavy (non-hydrogen) atoms. The molecule has 0 aliphatic heterocycles. The third-order valence-corrected chi connectivity index (χ3v) is 5.96. The van der Waals surface area contributed by atoms with Gasteiger partial charge >= 0.3 is 0 Å². The molecule has 0 aromatic carbocycles. The molecule has 0 amide bonds. The Hall–Kier alpha value is -0.610. The fraction of sp³-hybridized carbons (Fsp3) is 0.957. The Kier molecular flexibility index (Phi) is 16.0. The van der Waals surface area contributed by atoms with Crippen molar-refractivity contribution in [3.63, 3.8) is 0 Å². The molecule has 0 aromatic heterocycles. The average Bonchev–Trinajstić information content (AvgIpc) is 2.60. The van der Waals surface area contributed by atoms with Crippen molar-refractivity contribution in [2.24, 2.45) is 0 Å². The lowest BCUT2D eigenvalue weighted by Gasteiger charge is -2.38. The Morgan fingerprint density at radius 3 is 1.56 bits per heavy atom. The van der Waals surface area contributed by atoms with Gasteiger partial charge in [-0.3, -0.25) is 0 Å². The number of carboxylic acids is 1. The van der Waals surface area contributed by atoms with Crippen LogP contribution in [0.15, 0.2) is 0 Å². The van der Waals surface area contributed by atoms with Crippen LogP contribution in [0.4, 0.5) is 0 Å². The smallest absolute Gasteiger partial charge is 0.126 e. The van der Waals surface area contributed by atoms with Gasteiger partial charge in [-0.15, -0.1) is 0 Å². The van der Waals surface area contributed by atoms with Gasteiger partial charge in [0.15, 0.2) is 0 Å². The maximum atomic E-state index is 11.0. The lowest BCUT2D eigenvalue weighted by atomic mass is 10.0. The molecule has 0 spiro atoms. The highest BCUT2D eigenvalue weighted by Crippen LogP contribution is 2.15. The quantitative estimate of drug-likeness (QED) is 0.264. The van der Waals surface area contributed by atoms with Crippen molar-refractivity contribution < 1.29 is 19.5 Å². The van der Waals surface area contributed by atoms with E-state index >= 15 is 0 Å². The zero-order valence-electron chi connectivity index (χ0n) is 18.7. The van der Waals surface area contributed by atoms with E-state index in [1.165, 1.54) is 77.0 Å². The fourth-order valence-corrected chi connectivity index (χ4v) is 3.65. The van der Waals surface area contributed by atoms with Crippen LogP contribution in [-0.4, -0.2) is 48.3 Å². The third-order valence-electron chi connectivity index (χ3n) is 5.96. The van der Waals surface area contributed by atoms with Crippen LogP contribution in [0.2, 0.25) is 0 Å². The van der Waals surface area contributed by atoms with Crippen LogP contribution in [0.1, 0.15) is 110 Å². The Morgan fingerprint density at radius 2 is 1.19 bits per heavy atom. The molecule has 0 heterocycles. The number of carbonyl (C=O) groups excluding carboxylic acids is 1. The maximum Gasteiger partial charge on any atom is 0.126 e. The summed E-state index contributed by atoms with van der Waals surface area (Å²) in [4.78, 5) is 11.0. The predicted molar refractivity (Wildman–Crippen MR) is 112 cm³/mol. The van der Waals surface area contributed by atoms with Crippen LogP contribution in [0.5, 0.6) is 0 Å². The number of aliphatic carboxylic acids is 1.